The molecule has 1 heterocycles. The second-order valence-corrected chi connectivity index (χ2v) is 4.04. The van der Waals surface area contributed by atoms with Gasteiger partial charge in [-0.25, -0.2) is 4.79 Å². The lowest BCUT2D eigenvalue weighted by Crippen LogP contribution is -2.13. The number of benzene rings is 1. The summed E-state index contributed by atoms with van der Waals surface area (Å²) in [4.78, 5) is 22.7. The molecule has 19 heavy (non-hydrogen) atoms. The first kappa shape index (κ1) is 12.8. The molecule has 6 heteroatoms. The number of aromatic carboxylic acids is 1. The van der Waals surface area contributed by atoms with Crippen LogP contribution in [0.3, 0.4) is 0 Å². The number of aromatic nitrogens is 1. The summed E-state index contributed by atoms with van der Waals surface area (Å²) < 4.78 is 4.94. The molecule has 0 saturated heterocycles. The van der Waals surface area contributed by atoms with Crippen molar-refractivity contribution in [1.29, 1.82) is 0 Å². The molecule has 0 unspecified atom stereocenters. The van der Waals surface area contributed by atoms with E-state index in [1.54, 1.807) is 13.8 Å². The van der Waals surface area contributed by atoms with Crippen LogP contribution in [0.15, 0.2) is 28.8 Å². The number of amides is 1. The fourth-order valence-corrected chi connectivity index (χ4v) is 1.61. The number of carboxylic acid groups (broad SMARTS) is 1. The zero-order chi connectivity index (χ0) is 14.0. The fraction of sp³-hybridized carbons (Fsp3) is 0.154. The Morgan fingerprint density at radius 2 is 1.74 bits per heavy atom. The Labute approximate surface area is 109 Å². The normalized spacial score (nSPS) is 10.2. The number of hydrogen-bond donors (Lipinski definition) is 2. The van der Waals surface area contributed by atoms with Crippen molar-refractivity contribution in [2.45, 2.75) is 13.8 Å². The maximum absolute atomic E-state index is 12.0. The van der Waals surface area contributed by atoms with Gasteiger partial charge in [0.15, 0.2) is 5.76 Å². The summed E-state index contributed by atoms with van der Waals surface area (Å²) in [6, 6.07) is 5.67. The largest absolute Gasteiger partial charge is 0.478 e. The molecule has 0 bridgehead atoms. The van der Waals surface area contributed by atoms with Crippen LogP contribution in [0.2, 0.25) is 0 Å². The molecule has 0 radical (unpaired) electrons. The first-order valence-corrected chi connectivity index (χ1v) is 5.56. The number of rotatable bonds is 3. The van der Waals surface area contributed by atoms with Crippen LogP contribution < -0.4 is 5.32 Å². The van der Waals surface area contributed by atoms with Gasteiger partial charge in [-0.3, -0.25) is 4.79 Å². The molecule has 0 aliphatic heterocycles. The monoisotopic (exact) mass is 260 g/mol. The summed E-state index contributed by atoms with van der Waals surface area (Å²) in [6.45, 7) is 3.42. The molecule has 98 valence electrons. The van der Waals surface area contributed by atoms with Gasteiger partial charge in [-0.15, -0.1) is 0 Å². The SMILES string of the molecule is Cc1noc(C)c1NC(=O)c1ccc(C(=O)O)cc1. The van der Waals surface area contributed by atoms with E-state index in [0.29, 0.717) is 22.7 Å². The van der Waals surface area contributed by atoms with Crippen LogP contribution in [0.1, 0.15) is 32.2 Å². The zero-order valence-corrected chi connectivity index (χ0v) is 10.4. The van der Waals surface area contributed by atoms with Crippen LogP contribution in [0, 0.1) is 13.8 Å². The molecular formula is C13H12N2O4. The zero-order valence-electron chi connectivity index (χ0n) is 10.4. The van der Waals surface area contributed by atoms with Crippen molar-refractivity contribution >= 4 is 17.6 Å². The van der Waals surface area contributed by atoms with Crippen LogP contribution in [0.5, 0.6) is 0 Å². The number of nitrogens with one attached hydrogen (secondary N) is 1. The minimum absolute atomic E-state index is 0.133. The van der Waals surface area contributed by atoms with Gasteiger partial charge in [-0.05, 0) is 38.1 Å². The van der Waals surface area contributed by atoms with E-state index in [1.807, 2.05) is 0 Å². The van der Waals surface area contributed by atoms with Crippen LogP contribution >= 0.6 is 0 Å². The molecular weight excluding hydrogens is 248 g/mol. The second kappa shape index (κ2) is 4.93. The highest BCUT2D eigenvalue weighted by Crippen LogP contribution is 2.19. The summed E-state index contributed by atoms with van der Waals surface area (Å²) >= 11 is 0. The van der Waals surface area contributed by atoms with Crippen molar-refractivity contribution in [3.8, 4) is 0 Å². The van der Waals surface area contributed by atoms with Crippen LogP contribution in [0.25, 0.3) is 0 Å². The highest BCUT2D eigenvalue weighted by Gasteiger charge is 2.14. The van der Waals surface area contributed by atoms with Gasteiger partial charge in [-0.2, -0.15) is 0 Å². The van der Waals surface area contributed by atoms with Crippen molar-refractivity contribution < 1.29 is 19.2 Å². The minimum atomic E-state index is -1.03. The molecule has 2 rings (SSSR count). The number of aryl methyl sites for hydroxylation is 2. The number of hydrogen-bond acceptors (Lipinski definition) is 4. The van der Waals surface area contributed by atoms with Crippen LogP contribution in [-0.4, -0.2) is 22.1 Å². The molecule has 2 aromatic rings. The standard InChI is InChI=1S/C13H12N2O4/c1-7-11(8(2)19-15-7)14-12(16)9-3-5-10(6-4-9)13(17)18/h3-6H,1-2H3,(H,14,16)(H,17,18). The van der Waals surface area contributed by atoms with Crippen molar-refractivity contribution in [3.05, 3.63) is 46.8 Å². The molecule has 6 nitrogen and oxygen atoms in total. The molecule has 2 N–H and O–H groups in total. The van der Waals surface area contributed by atoms with Gasteiger partial charge in [0.05, 0.1) is 5.56 Å². The lowest BCUT2D eigenvalue weighted by atomic mass is 10.1. The van der Waals surface area contributed by atoms with E-state index < -0.39 is 5.97 Å². The average molecular weight is 260 g/mol. The number of anilines is 1. The number of carbonyl (C=O) groups excluding carboxylic acids is 1. The fourth-order valence-electron chi connectivity index (χ4n) is 1.61. The van der Waals surface area contributed by atoms with Crippen molar-refractivity contribution in [1.82, 2.24) is 5.16 Å². The van der Waals surface area contributed by atoms with E-state index >= 15 is 0 Å². The van der Waals surface area contributed by atoms with Gasteiger partial charge in [-0.1, -0.05) is 5.16 Å². The summed E-state index contributed by atoms with van der Waals surface area (Å²) in [7, 11) is 0. The van der Waals surface area contributed by atoms with Crippen LogP contribution in [-0.2, 0) is 0 Å². The predicted octanol–water partition coefficient (Wildman–Crippen LogP) is 2.24. The third-order valence-electron chi connectivity index (χ3n) is 2.67. The molecule has 1 amide bonds. The first-order chi connectivity index (χ1) is 8.99. The molecule has 0 saturated carbocycles. The molecule has 0 fully saturated rings. The minimum Gasteiger partial charge on any atom is -0.478 e. The summed E-state index contributed by atoms with van der Waals surface area (Å²) in [5, 5.41) is 15.2. The van der Waals surface area contributed by atoms with Crippen LogP contribution in [0.4, 0.5) is 5.69 Å². The lowest BCUT2D eigenvalue weighted by Gasteiger charge is -2.04. The first-order valence-electron chi connectivity index (χ1n) is 5.56. The summed E-state index contributed by atoms with van der Waals surface area (Å²) in [5.74, 6) is -0.850. The molecule has 0 aliphatic rings. The topological polar surface area (TPSA) is 92.4 Å². The van der Waals surface area contributed by atoms with Gasteiger partial charge >= 0.3 is 5.97 Å². The Bertz CT molecular complexity index is 609. The maximum atomic E-state index is 12.0. The van der Waals surface area contributed by atoms with Crippen molar-refractivity contribution in [2.24, 2.45) is 0 Å². The Hall–Kier alpha value is -2.63. The van der Waals surface area contributed by atoms with E-state index in [-0.39, 0.29) is 11.5 Å². The Morgan fingerprint density at radius 1 is 1.16 bits per heavy atom. The number of carbonyl (C=O) groups is 2. The third-order valence-corrected chi connectivity index (χ3v) is 2.67. The number of nitrogens with zero attached hydrogens (tertiary/aromatic N) is 1. The molecule has 1 aromatic carbocycles. The van der Waals surface area contributed by atoms with Gasteiger partial charge in [0, 0.05) is 5.56 Å². The average Bonchev–Trinajstić information content (AvgIpc) is 2.70. The van der Waals surface area contributed by atoms with E-state index in [2.05, 4.69) is 10.5 Å². The summed E-state index contributed by atoms with van der Waals surface area (Å²) in [6.07, 6.45) is 0. The van der Waals surface area contributed by atoms with Crippen molar-refractivity contribution in [2.75, 3.05) is 5.32 Å². The third kappa shape index (κ3) is 2.62. The molecule has 0 atom stereocenters. The Balaban J connectivity index is 2.18. The maximum Gasteiger partial charge on any atom is 0.335 e. The van der Waals surface area contributed by atoms with Crippen molar-refractivity contribution in [3.63, 3.8) is 0 Å². The van der Waals surface area contributed by atoms with Gasteiger partial charge in [0.2, 0.25) is 0 Å². The lowest BCUT2D eigenvalue weighted by molar-refractivity contribution is 0.0696. The molecule has 1 aromatic heterocycles. The van der Waals surface area contributed by atoms with Gasteiger partial charge in [0.25, 0.3) is 5.91 Å². The highest BCUT2D eigenvalue weighted by molar-refractivity contribution is 6.05. The predicted molar refractivity (Wildman–Crippen MR) is 67.3 cm³/mol. The van der Waals surface area contributed by atoms with Gasteiger partial charge in [0.1, 0.15) is 11.4 Å². The Kier molecular flexibility index (Phi) is 3.33. The highest BCUT2D eigenvalue weighted by atomic mass is 16.5. The summed E-state index contributed by atoms with van der Waals surface area (Å²) in [5.41, 5.74) is 1.62. The van der Waals surface area contributed by atoms with E-state index in [4.69, 9.17) is 9.63 Å². The molecule has 0 spiro atoms. The second-order valence-electron chi connectivity index (χ2n) is 4.04. The van der Waals surface area contributed by atoms with E-state index in [9.17, 15) is 9.59 Å². The molecule has 0 aliphatic carbocycles. The van der Waals surface area contributed by atoms with E-state index in [0.717, 1.165) is 0 Å². The Morgan fingerprint density at radius 3 is 2.21 bits per heavy atom. The smallest absolute Gasteiger partial charge is 0.335 e. The number of carboxylic acids is 1. The van der Waals surface area contributed by atoms with E-state index in [1.165, 1.54) is 24.3 Å². The quantitative estimate of drug-likeness (QED) is 0.882. The van der Waals surface area contributed by atoms with Gasteiger partial charge < -0.3 is 14.9 Å².